The minimum absolute atomic E-state index is 0.167. The molecule has 1 rings (SSSR count). The molecule has 4 heteroatoms. The molecule has 0 bridgehead atoms. The highest BCUT2D eigenvalue weighted by molar-refractivity contribution is 5.86. The Hall–Kier alpha value is -1.84. The summed E-state index contributed by atoms with van der Waals surface area (Å²) in [7, 11) is 1.90. The lowest BCUT2D eigenvalue weighted by atomic mass is 10.2. The molecule has 0 fully saturated rings. The normalized spacial score (nSPS) is 10.1. The highest BCUT2D eigenvalue weighted by Crippen LogP contribution is 2.11. The van der Waals surface area contributed by atoms with Crippen molar-refractivity contribution in [3.05, 3.63) is 42.0 Å². The Morgan fingerprint density at radius 1 is 1.59 bits per heavy atom. The van der Waals surface area contributed by atoms with Crippen LogP contribution in [-0.4, -0.2) is 15.5 Å². The van der Waals surface area contributed by atoms with Gasteiger partial charge in [0.25, 0.3) is 0 Å². The Bertz CT molecular complexity index is 458. The number of allylic oxidation sites excluding steroid dienone is 1. The predicted molar refractivity (Wildman–Crippen MR) is 66.5 cm³/mol. The Morgan fingerprint density at radius 2 is 2.24 bits per heavy atom. The SMILES string of the molecule is C=CCc1nc(COC(=O)C(=C)C)n(C)c1C. The van der Waals surface area contributed by atoms with Gasteiger partial charge in [-0.1, -0.05) is 12.7 Å². The number of carbonyl (C=O) groups excluding carboxylic acids is 1. The maximum Gasteiger partial charge on any atom is 0.333 e. The van der Waals surface area contributed by atoms with E-state index in [9.17, 15) is 4.79 Å². The molecule has 0 spiro atoms. The van der Waals surface area contributed by atoms with E-state index in [1.807, 2.05) is 18.5 Å². The van der Waals surface area contributed by atoms with Gasteiger partial charge in [-0.3, -0.25) is 0 Å². The van der Waals surface area contributed by atoms with Crippen LogP contribution in [0.25, 0.3) is 0 Å². The van der Waals surface area contributed by atoms with Crippen LogP contribution in [0.15, 0.2) is 24.8 Å². The van der Waals surface area contributed by atoms with Gasteiger partial charge < -0.3 is 9.30 Å². The van der Waals surface area contributed by atoms with Crippen molar-refractivity contribution in [1.29, 1.82) is 0 Å². The molecule has 4 nitrogen and oxygen atoms in total. The van der Waals surface area contributed by atoms with Gasteiger partial charge in [0.05, 0.1) is 5.69 Å². The van der Waals surface area contributed by atoms with Crippen LogP contribution in [0.3, 0.4) is 0 Å². The summed E-state index contributed by atoms with van der Waals surface area (Å²) in [4.78, 5) is 15.7. The molecule has 0 aromatic carbocycles. The lowest BCUT2D eigenvalue weighted by molar-refractivity contribution is -0.140. The highest BCUT2D eigenvalue weighted by Gasteiger charge is 2.12. The average molecular weight is 234 g/mol. The van der Waals surface area contributed by atoms with Crippen LogP contribution in [-0.2, 0) is 29.6 Å². The monoisotopic (exact) mass is 234 g/mol. The fourth-order valence-electron chi connectivity index (χ4n) is 1.41. The van der Waals surface area contributed by atoms with Gasteiger partial charge in [0.15, 0.2) is 0 Å². The molecule has 1 aromatic heterocycles. The summed E-state index contributed by atoms with van der Waals surface area (Å²) < 4.78 is 6.99. The number of hydrogen-bond donors (Lipinski definition) is 0. The van der Waals surface area contributed by atoms with Crippen molar-refractivity contribution in [2.24, 2.45) is 7.05 Å². The standard InChI is InChI=1S/C13H18N2O2/c1-6-7-11-10(4)15(5)12(14-11)8-17-13(16)9(2)3/h6H,1-2,7-8H2,3-5H3. The Balaban J connectivity index is 2.78. The molecule has 0 aliphatic heterocycles. The number of carbonyl (C=O) groups is 1. The Labute approximate surface area is 102 Å². The molecule has 0 unspecified atom stereocenters. The van der Waals surface area contributed by atoms with Crippen LogP contribution in [0.5, 0.6) is 0 Å². The molecule has 0 N–H and O–H groups in total. The van der Waals surface area contributed by atoms with Gasteiger partial charge in [-0.25, -0.2) is 9.78 Å². The third-order valence-electron chi connectivity index (χ3n) is 2.59. The Kier molecular flexibility index (Phi) is 4.26. The summed E-state index contributed by atoms with van der Waals surface area (Å²) in [5.74, 6) is 0.338. The van der Waals surface area contributed by atoms with Gasteiger partial charge >= 0.3 is 5.97 Å². The van der Waals surface area contributed by atoms with Crippen molar-refractivity contribution >= 4 is 5.97 Å². The number of nitrogens with zero attached hydrogens (tertiary/aromatic N) is 2. The topological polar surface area (TPSA) is 44.1 Å². The third-order valence-corrected chi connectivity index (χ3v) is 2.59. The molecule has 1 heterocycles. The minimum atomic E-state index is -0.393. The summed E-state index contributed by atoms with van der Waals surface area (Å²) in [5.41, 5.74) is 2.41. The van der Waals surface area contributed by atoms with Gasteiger partial charge in [-0.2, -0.15) is 0 Å². The van der Waals surface area contributed by atoms with Gasteiger partial charge in [-0.05, 0) is 13.8 Å². The maximum atomic E-state index is 11.3. The number of ether oxygens (including phenoxy) is 1. The van der Waals surface area contributed by atoms with E-state index in [0.29, 0.717) is 12.0 Å². The smallest absolute Gasteiger partial charge is 0.333 e. The first kappa shape index (κ1) is 13.2. The molecule has 92 valence electrons. The van der Waals surface area contributed by atoms with Crippen LogP contribution in [0, 0.1) is 6.92 Å². The zero-order valence-electron chi connectivity index (χ0n) is 10.6. The van der Waals surface area contributed by atoms with E-state index in [0.717, 1.165) is 17.2 Å². The summed E-state index contributed by atoms with van der Waals surface area (Å²) in [5, 5.41) is 0. The van der Waals surface area contributed by atoms with Crippen LogP contribution < -0.4 is 0 Å². The highest BCUT2D eigenvalue weighted by atomic mass is 16.5. The quantitative estimate of drug-likeness (QED) is 0.445. The molecule has 0 amide bonds. The number of imidazole rings is 1. The van der Waals surface area contributed by atoms with E-state index in [1.165, 1.54) is 0 Å². The average Bonchev–Trinajstić information content (AvgIpc) is 2.54. The first-order chi connectivity index (χ1) is 7.97. The molecule has 0 radical (unpaired) electrons. The third kappa shape index (κ3) is 3.06. The second kappa shape index (κ2) is 5.48. The second-order valence-electron chi connectivity index (χ2n) is 3.97. The van der Waals surface area contributed by atoms with Crippen molar-refractivity contribution in [2.45, 2.75) is 26.9 Å². The number of aromatic nitrogens is 2. The zero-order valence-corrected chi connectivity index (χ0v) is 10.6. The van der Waals surface area contributed by atoms with E-state index >= 15 is 0 Å². The lowest BCUT2D eigenvalue weighted by Crippen LogP contribution is -2.08. The largest absolute Gasteiger partial charge is 0.454 e. The molecular weight excluding hydrogens is 216 g/mol. The summed E-state index contributed by atoms with van der Waals surface area (Å²) in [6.07, 6.45) is 2.52. The van der Waals surface area contributed by atoms with Crippen molar-refractivity contribution in [3.8, 4) is 0 Å². The fraction of sp³-hybridized carbons (Fsp3) is 0.385. The molecule has 1 aromatic rings. The molecule has 0 aliphatic carbocycles. The summed E-state index contributed by atoms with van der Waals surface area (Å²) in [6.45, 7) is 11.0. The van der Waals surface area contributed by atoms with Crippen LogP contribution in [0.2, 0.25) is 0 Å². The van der Waals surface area contributed by atoms with E-state index in [4.69, 9.17) is 4.74 Å². The molecule has 17 heavy (non-hydrogen) atoms. The van der Waals surface area contributed by atoms with Gasteiger partial charge in [-0.15, -0.1) is 6.58 Å². The van der Waals surface area contributed by atoms with Gasteiger partial charge in [0, 0.05) is 24.7 Å². The van der Waals surface area contributed by atoms with E-state index in [-0.39, 0.29) is 6.61 Å². The predicted octanol–water partition coefficient (Wildman–Crippen LogP) is 2.08. The minimum Gasteiger partial charge on any atom is -0.454 e. The molecule has 0 atom stereocenters. The van der Waals surface area contributed by atoms with Crippen molar-refractivity contribution in [2.75, 3.05) is 0 Å². The lowest BCUT2D eigenvalue weighted by Gasteiger charge is -2.04. The molecule has 0 aliphatic rings. The number of rotatable bonds is 5. The second-order valence-corrected chi connectivity index (χ2v) is 3.97. The van der Waals surface area contributed by atoms with Gasteiger partial charge in [0.1, 0.15) is 12.4 Å². The van der Waals surface area contributed by atoms with E-state index in [1.54, 1.807) is 13.0 Å². The maximum absolute atomic E-state index is 11.3. The molecule has 0 saturated carbocycles. The number of hydrogen-bond acceptors (Lipinski definition) is 3. The first-order valence-corrected chi connectivity index (χ1v) is 5.42. The Morgan fingerprint density at radius 3 is 2.76 bits per heavy atom. The first-order valence-electron chi connectivity index (χ1n) is 5.42. The van der Waals surface area contributed by atoms with Crippen molar-refractivity contribution < 1.29 is 9.53 Å². The van der Waals surface area contributed by atoms with Crippen molar-refractivity contribution in [1.82, 2.24) is 9.55 Å². The fourth-order valence-corrected chi connectivity index (χ4v) is 1.41. The van der Waals surface area contributed by atoms with Gasteiger partial charge in [0.2, 0.25) is 0 Å². The molecule has 0 saturated heterocycles. The number of esters is 1. The van der Waals surface area contributed by atoms with E-state index < -0.39 is 5.97 Å². The van der Waals surface area contributed by atoms with Crippen LogP contribution in [0.4, 0.5) is 0 Å². The van der Waals surface area contributed by atoms with Crippen LogP contribution in [0.1, 0.15) is 24.1 Å². The summed E-state index contributed by atoms with van der Waals surface area (Å²) >= 11 is 0. The van der Waals surface area contributed by atoms with Crippen LogP contribution >= 0.6 is 0 Å². The van der Waals surface area contributed by atoms with E-state index in [2.05, 4.69) is 18.1 Å². The molecular formula is C13H18N2O2. The van der Waals surface area contributed by atoms with Crippen molar-refractivity contribution in [3.63, 3.8) is 0 Å². The zero-order chi connectivity index (χ0) is 13.0. The summed E-state index contributed by atoms with van der Waals surface area (Å²) in [6, 6.07) is 0.